The zero-order chi connectivity index (χ0) is 10.9. The molecule has 0 heterocycles. The van der Waals surface area contributed by atoms with E-state index in [1.54, 1.807) is 20.3 Å². The van der Waals surface area contributed by atoms with Gasteiger partial charge in [-0.25, -0.2) is 0 Å². The van der Waals surface area contributed by atoms with E-state index in [4.69, 9.17) is 20.8 Å². The molecule has 78 valence electrons. The average Bonchev–Trinajstić information content (AvgIpc) is 2.00. The summed E-state index contributed by atoms with van der Waals surface area (Å²) in [5.74, 6) is 0. The van der Waals surface area contributed by atoms with Crippen molar-refractivity contribution in [2.75, 3.05) is 20.4 Å². The van der Waals surface area contributed by atoms with Crippen molar-refractivity contribution in [2.45, 2.75) is 12.5 Å². The summed E-state index contributed by atoms with van der Waals surface area (Å²) in [6.45, 7) is 0. The first-order chi connectivity index (χ1) is 5.87. The van der Waals surface area contributed by atoms with E-state index >= 15 is 0 Å². The fourth-order valence-electron chi connectivity index (χ4n) is 0.372. The number of ether oxygens (including phenoxy) is 1. The van der Waals surface area contributed by atoms with Gasteiger partial charge in [-0.1, -0.05) is 0 Å². The highest BCUT2D eigenvalue weighted by atomic mass is 31.2. The Hall–Kier alpha value is -0.440. The lowest BCUT2D eigenvalue weighted by atomic mass is 10.3. The molecule has 0 fully saturated rings. The smallest absolute Gasteiger partial charge is 0.325 e. The standard InChI is InChI=1S/C4H9N2O3P.C2H6O/c5-3-4(6)1-2-10(7,8)9;1-3-2/h4H,1-2,6H2,(H2,7,8,9);1-2H3. The van der Waals surface area contributed by atoms with Crippen LogP contribution in [0.15, 0.2) is 0 Å². The SMILES string of the molecule is COC.N#CC(N)CCP(=O)(O)O. The maximum absolute atomic E-state index is 10.2. The Morgan fingerprint density at radius 1 is 1.62 bits per heavy atom. The Balaban J connectivity index is 0. The van der Waals surface area contributed by atoms with E-state index in [1.807, 2.05) is 0 Å². The van der Waals surface area contributed by atoms with Crippen LogP contribution in [0.25, 0.3) is 0 Å². The summed E-state index contributed by atoms with van der Waals surface area (Å²) in [5, 5.41) is 8.10. The van der Waals surface area contributed by atoms with Gasteiger partial charge in [0.05, 0.1) is 18.3 Å². The maximum Gasteiger partial charge on any atom is 0.325 e. The second-order valence-electron chi connectivity index (χ2n) is 2.32. The summed E-state index contributed by atoms with van der Waals surface area (Å²) < 4.78 is 14.4. The van der Waals surface area contributed by atoms with Gasteiger partial charge in [-0.05, 0) is 6.42 Å². The van der Waals surface area contributed by atoms with Gasteiger partial charge in [0.1, 0.15) is 0 Å². The van der Waals surface area contributed by atoms with E-state index < -0.39 is 13.6 Å². The number of rotatable bonds is 3. The first kappa shape index (κ1) is 15.1. The van der Waals surface area contributed by atoms with Crippen LogP contribution in [0.3, 0.4) is 0 Å². The summed E-state index contributed by atoms with van der Waals surface area (Å²) >= 11 is 0. The van der Waals surface area contributed by atoms with Crippen LogP contribution < -0.4 is 5.73 Å². The minimum atomic E-state index is -3.96. The van der Waals surface area contributed by atoms with E-state index in [0.717, 1.165) is 0 Å². The molecule has 0 aromatic heterocycles. The van der Waals surface area contributed by atoms with Gasteiger partial charge in [0.2, 0.25) is 0 Å². The van der Waals surface area contributed by atoms with Crippen LogP contribution in [0.1, 0.15) is 6.42 Å². The predicted molar refractivity (Wildman–Crippen MR) is 48.0 cm³/mol. The van der Waals surface area contributed by atoms with Crippen LogP contribution in [-0.2, 0) is 9.30 Å². The highest BCUT2D eigenvalue weighted by Gasteiger charge is 2.14. The summed E-state index contributed by atoms with van der Waals surface area (Å²) in [7, 11) is -0.714. The molecule has 13 heavy (non-hydrogen) atoms. The molecule has 0 rings (SSSR count). The van der Waals surface area contributed by atoms with E-state index in [-0.39, 0.29) is 12.6 Å². The van der Waals surface area contributed by atoms with Gasteiger partial charge in [-0.2, -0.15) is 5.26 Å². The molecule has 4 N–H and O–H groups in total. The molecule has 0 saturated heterocycles. The first-order valence-electron chi connectivity index (χ1n) is 3.47. The second-order valence-corrected chi connectivity index (χ2v) is 4.10. The lowest BCUT2D eigenvalue weighted by molar-refractivity contribution is 0.277. The Labute approximate surface area is 77.5 Å². The quantitative estimate of drug-likeness (QED) is 0.549. The molecule has 0 amide bonds. The van der Waals surface area contributed by atoms with Crippen LogP contribution >= 0.6 is 7.60 Å². The highest BCUT2D eigenvalue weighted by molar-refractivity contribution is 7.51. The Morgan fingerprint density at radius 2 is 2.00 bits per heavy atom. The molecule has 7 heteroatoms. The second kappa shape index (κ2) is 8.17. The third kappa shape index (κ3) is 18.5. The maximum atomic E-state index is 10.2. The van der Waals surface area contributed by atoms with Gasteiger partial charge in [0.25, 0.3) is 0 Å². The topological polar surface area (TPSA) is 117 Å². The zero-order valence-electron chi connectivity index (χ0n) is 7.67. The van der Waals surface area contributed by atoms with Crippen LogP contribution in [0, 0.1) is 11.3 Å². The molecule has 0 bridgehead atoms. The molecular weight excluding hydrogens is 195 g/mol. The minimum Gasteiger partial charge on any atom is -0.388 e. The number of methoxy groups -OCH3 is 1. The number of nitrogens with zero attached hydrogens (tertiary/aromatic N) is 1. The van der Waals surface area contributed by atoms with Crippen molar-refractivity contribution in [3.8, 4) is 6.07 Å². The Kier molecular flexibility index (Phi) is 9.46. The van der Waals surface area contributed by atoms with Crippen LogP contribution in [0.4, 0.5) is 0 Å². The van der Waals surface area contributed by atoms with Crippen LogP contribution in [0.2, 0.25) is 0 Å². The highest BCUT2D eigenvalue weighted by Crippen LogP contribution is 2.34. The minimum absolute atomic E-state index is 0.0424. The molecule has 0 aliphatic carbocycles. The van der Waals surface area contributed by atoms with Crippen LogP contribution in [-0.4, -0.2) is 36.2 Å². The van der Waals surface area contributed by atoms with Crippen molar-refractivity contribution in [1.29, 1.82) is 5.26 Å². The van der Waals surface area contributed by atoms with Crippen molar-refractivity contribution < 1.29 is 19.1 Å². The van der Waals surface area contributed by atoms with E-state index in [2.05, 4.69) is 4.74 Å². The monoisotopic (exact) mass is 210 g/mol. The van der Waals surface area contributed by atoms with Gasteiger partial charge < -0.3 is 20.3 Å². The van der Waals surface area contributed by atoms with Gasteiger partial charge in [-0.3, -0.25) is 4.57 Å². The number of nitrogens with two attached hydrogens (primary N) is 1. The van der Waals surface area contributed by atoms with Crippen molar-refractivity contribution >= 4 is 7.60 Å². The fraction of sp³-hybridized carbons (Fsp3) is 0.833. The fourth-order valence-corrected chi connectivity index (χ4v) is 0.986. The number of hydrogen-bond donors (Lipinski definition) is 3. The third-order valence-electron chi connectivity index (χ3n) is 0.897. The molecule has 6 nitrogen and oxygen atoms in total. The predicted octanol–water partition coefficient (Wildman–Crippen LogP) is -0.332. The molecule has 0 aliphatic heterocycles. The lowest BCUT2D eigenvalue weighted by Crippen LogP contribution is -2.18. The Bertz CT molecular complexity index is 197. The van der Waals surface area contributed by atoms with Gasteiger partial charge in [0, 0.05) is 14.2 Å². The first-order valence-corrected chi connectivity index (χ1v) is 5.27. The number of hydrogen-bond acceptors (Lipinski definition) is 4. The summed E-state index contributed by atoms with van der Waals surface area (Å²) in [5.41, 5.74) is 5.08. The zero-order valence-corrected chi connectivity index (χ0v) is 8.57. The van der Waals surface area contributed by atoms with E-state index in [1.165, 1.54) is 0 Å². The number of nitriles is 1. The largest absolute Gasteiger partial charge is 0.388 e. The van der Waals surface area contributed by atoms with Gasteiger partial charge in [-0.15, -0.1) is 0 Å². The summed E-state index contributed by atoms with van der Waals surface area (Å²) in [4.78, 5) is 16.6. The van der Waals surface area contributed by atoms with Crippen molar-refractivity contribution in [3.63, 3.8) is 0 Å². The van der Waals surface area contributed by atoms with E-state index in [9.17, 15) is 4.57 Å². The van der Waals surface area contributed by atoms with Gasteiger partial charge >= 0.3 is 7.60 Å². The van der Waals surface area contributed by atoms with Crippen molar-refractivity contribution in [2.24, 2.45) is 5.73 Å². The van der Waals surface area contributed by atoms with Crippen molar-refractivity contribution in [1.82, 2.24) is 0 Å². The Morgan fingerprint density at radius 3 is 2.23 bits per heavy atom. The molecule has 0 spiro atoms. The van der Waals surface area contributed by atoms with Crippen LogP contribution in [0.5, 0.6) is 0 Å². The van der Waals surface area contributed by atoms with Gasteiger partial charge in [0.15, 0.2) is 0 Å². The molecule has 0 saturated carbocycles. The lowest BCUT2D eigenvalue weighted by Gasteiger charge is -2.03. The average molecular weight is 210 g/mol. The summed E-state index contributed by atoms with van der Waals surface area (Å²) in [6.07, 6.45) is -0.275. The molecule has 0 radical (unpaired) electrons. The molecule has 0 aromatic carbocycles. The van der Waals surface area contributed by atoms with E-state index in [0.29, 0.717) is 0 Å². The normalized spacial score (nSPS) is 12.3. The molecule has 1 atom stereocenters. The molecule has 1 unspecified atom stereocenters. The molecular formula is C6H15N2O4P. The summed E-state index contributed by atoms with van der Waals surface area (Å²) in [6, 6.07) is 0.901. The molecule has 0 aliphatic rings. The third-order valence-corrected chi connectivity index (χ3v) is 1.74. The molecule has 0 aromatic rings. The van der Waals surface area contributed by atoms with Crippen molar-refractivity contribution in [3.05, 3.63) is 0 Å².